The van der Waals surface area contributed by atoms with Gasteiger partial charge in [0, 0.05) is 37.5 Å². The average molecular weight is 286 g/mol. The summed E-state index contributed by atoms with van der Waals surface area (Å²) in [5.74, 6) is 5.79. The van der Waals surface area contributed by atoms with Crippen molar-refractivity contribution in [1.82, 2.24) is 9.88 Å². The number of carbonyl (C=O) groups excluding carboxylic acids is 1. The summed E-state index contributed by atoms with van der Waals surface area (Å²) in [5.41, 5.74) is 1.63. The number of aliphatic hydroxyl groups excluding tert-OH is 1. The SMILES string of the molecule is CC1(C)CCN(C(=O)c2cncc(C#CCCO)c2)CC1. The van der Waals surface area contributed by atoms with Crippen molar-refractivity contribution in [3.05, 3.63) is 29.6 Å². The van der Waals surface area contributed by atoms with E-state index in [0.717, 1.165) is 25.9 Å². The molecule has 0 atom stereocenters. The van der Waals surface area contributed by atoms with Gasteiger partial charge in [-0.3, -0.25) is 9.78 Å². The van der Waals surface area contributed by atoms with Gasteiger partial charge in [-0.05, 0) is 24.3 Å². The summed E-state index contributed by atoms with van der Waals surface area (Å²) in [5, 5.41) is 8.72. The lowest BCUT2D eigenvalue weighted by Gasteiger charge is -2.36. The van der Waals surface area contributed by atoms with Crippen LogP contribution in [-0.2, 0) is 0 Å². The molecule has 0 saturated carbocycles. The average Bonchev–Trinajstić information content (AvgIpc) is 2.47. The Bertz CT molecular complexity index is 560. The largest absolute Gasteiger partial charge is 0.395 e. The smallest absolute Gasteiger partial charge is 0.255 e. The van der Waals surface area contributed by atoms with Gasteiger partial charge in [0.05, 0.1) is 12.2 Å². The van der Waals surface area contributed by atoms with Gasteiger partial charge < -0.3 is 10.0 Å². The van der Waals surface area contributed by atoms with Gasteiger partial charge in [0.1, 0.15) is 0 Å². The van der Waals surface area contributed by atoms with Crippen LogP contribution in [0.2, 0.25) is 0 Å². The fourth-order valence-corrected chi connectivity index (χ4v) is 2.34. The third-order valence-corrected chi connectivity index (χ3v) is 3.86. The zero-order chi connectivity index (χ0) is 15.3. The molecule has 0 spiro atoms. The molecule has 1 amide bonds. The van der Waals surface area contributed by atoms with Crippen LogP contribution in [-0.4, -0.2) is 40.6 Å². The highest BCUT2D eigenvalue weighted by Crippen LogP contribution is 2.30. The van der Waals surface area contributed by atoms with E-state index in [2.05, 4.69) is 30.7 Å². The number of aliphatic hydroxyl groups is 1. The fraction of sp³-hybridized carbons (Fsp3) is 0.529. The van der Waals surface area contributed by atoms with Gasteiger partial charge in [-0.1, -0.05) is 25.7 Å². The third-order valence-electron chi connectivity index (χ3n) is 3.86. The molecule has 4 heteroatoms. The van der Waals surface area contributed by atoms with Crippen molar-refractivity contribution in [2.24, 2.45) is 5.41 Å². The Balaban J connectivity index is 2.06. The zero-order valence-electron chi connectivity index (χ0n) is 12.7. The van der Waals surface area contributed by atoms with Crippen molar-refractivity contribution in [3.8, 4) is 11.8 Å². The topological polar surface area (TPSA) is 53.4 Å². The zero-order valence-corrected chi connectivity index (χ0v) is 12.7. The van der Waals surface area contributed by atoms with E-state index in [-0.39, 0.29) is 12.5 Å². The van der Waals surface area contributed by atoms with Crippen LogP contribution in [0.1, 0.15) is 49.0 Å². The summed E-state index contributed by atoms with van der Waals surface area (Å²) in [6.07, 6.45) is 5.73. The summed E-state index contributed by atoms with van der Waals surface area (Å²) >= 11 is 0. The van der Waals surface area contributed by atoms with E-state index < -0.39 is 0 Å². The van der Waals surface area contributed by atoms with Crippen LogP contribution in [0, 0.1) is 17.3 Å². The van der Waals surface area contributed by atoms with Crippen molar-refractivity contribution in [2.75, 3.05) is 19.7 Å². The number of piperidine rings is 1. The van der Waals surface area contributed by atoms with Gasteiger partial charge in [-0.15, -0.1) is 0 Å². The standard InChI is InChI=1S/C17H22N2O2/c1-17(2)6-8-19(9-7-17)16(21)15-11-14(12-18-13-15)5-3-4-10-20/h11-13,20H,4,6-10H2,1-2H3. The number of rotatable bonds is 2. The Labute approximate surface area is 126 Å². The molecule has 0 aromatic carbocycles. The van der Waals surface area contributed by atoms with Crippen LogP contribution in [0.15, 0.2) is 18.5 Å². The van der Waals surface area contributed by atoms with Crippen LogP contribution in [0.4, 0.5) is 0 Å². The first-order valence-electron chi connectivity index (χ1n) is 7.36. The predicted octanol–water partition coefficient (Wildman–Crippen LogP) is 2.08. The van der Waals surface area contributed by atoms with E-state index in [4.69, 9.17) is 5.11 Å². The number of pyridine rings is 1. The first-order valence-corrected chi connectivity index (χ1v) is 7.36. The number of likely N-dealkylation sites (tertiary alicyclic amines) is 1. The number of carbonyl (C=O) groups is 1. The van der Waals surface area contributed by atoms with Gasteiger partial charge in [0.25, 0.3) is 5.91 Å². The van der Waals surface area contributed by atoms with Gasteiger partial charge in [-0.25, -0.2) is 0 Å². The van der Waals surface area contributed by atoms with Crippen LogP contribution in [0.3, 0.4) is 0 Å². The molecule has 1 aromatic heterocycles. The molecule has 1 aliphatic rings. The Hall–Kier alpha value is -1.86. The predicted molar refractivity (Wildman–Crippen MR) is 81.7 cm³/mol. The Kier molecular flexibility index (Phi) is 4.98. The highest BCUT2D eigenvalue weighted by molar-refractivity contribution is 5.94. The number of nitrogens with zero attached hydrogens (tertiary/aromatic N) is 2. The molecule has 0 bridgehead atoms. The molecule has 0 radical (unpaired) electrons. The van der Waals surface area contributed by atoms with E-state index >= 15 is 0 Å². The molecule has 21 heavy (non-hydrogen) atoms. The van der Waals surface area contributed by atoms with Crippen LogP contribution < -0.4 is 0 Å². The van der Waals surface area contributed by atoms with Gasteiger partial charge in [-0.2, -0.15) is 0 Å². The Morgan fingerprint density at radius 1 is 1.38 bits per heavy atom. The van der Waals surface area contributed by atoms with Crippen molar-refractivity contribution in [3.63, 3.8) is 0 Å². The van der Waals surface area contributed by atoms with Crippen LogP contribution in [0.25, 0.3) is 0 Å². The minimum atomic E-state index is 0.0313. The maximum atomic E-state index is 12.5. The fourth-order valence-electron chi connectivity index (χ4n) is 2.34. The van der Waals surface area contributed by atoms with Crippen molar-refractivity contribution >= 4 is 5.91 Å². The van der Waals surface area contributed by atoms with E-state index in [1.165, 1.54) is 0 Å². The lowest BCUT2D eigenvalue weighted by Crippen LogP contribution is -2.41. The summed E-state index contributed by atoms with van der Waals surface area (Å²) < 4.78 is 0. The van der Waals surface area contributed by atoms with Gasteiger partial charge >= 0.3 is 0 Å². The Morgan fingerprint density at radius 3 is 2.76 bits per heavy atom. The van der Waals surface area contributed by atoms with Gasteiger partial charge in [0.15, 0.2) is 0 Å². The highest BCUT2D eigenvalue weighted by atomic mass is 16.2. The second kappa shape index (κ2) is 6.73. The monoisotopic (exact) mass is 286 g/mol. The summed E-state index contributed by atoms with van der Waals surface area (Å²) in [6.45, 7) is 6.13. The third kappa shape index (κ3) is 4.30. The highest BCUT2D eigenvalue weighted by Gasteiger charge is 2.28. The van der Waals surface area contributed by atoms with Gasteiger partial charge in [0.2, 0.25) is 0 Å². The summed E-state index contributed by atoms with van der Waals surface area (Å²) in [7, 11) is 0. The lowest BCUT2D eigenvalue weighted by molar-refractivity contribution is 0.0630. The molecule has 0 unspecified atom stereocenters. The molecule has 2 rings (SSSR count). The molecule has 1 aliphatic heterocycles. The normalized spacial score (nSPS) is 17.0. The van der Waals surface area contributed by atoms with E-state index in [9.17, 15) is 4.79 Å². The van der Waals surface area contributed by atoms with Crippen molar-refractivity contribution in [1.29, 1.82) is 0 Å². The summed E-state index contributed by atoms with van der Waals surface area (Å²) in [6, 6.07) is 1.78. The number of aromatic nitrogens is 1. The summed E-state index contributed by atoms with van der Waals surface area (Å²) in [4.78, 5) is 18.5. The second-order valence-corrected chi connectivity index (χ2v) is 6.19. The number of hydrogen-bond acceptors (Lipinski definition) is 3. The molecular weight excluding hydrogens is 264 g/mol. The maximum Gasteiger partial charge on any atom is 0.255 e. The Morgan fingerprint density at radius 2 is 2.10 bits per heavy atom. The second-order valence-electron chi connectivity index (χ2n) is 6.19. The minimum Gasteiger partial charge on any atom is -0.395 e. The van der Waals surface area contributed by atoms with Crippen LogP contribution in [0.5, 0.6) is 0 Å². The van der Waals surface area contributed by atoms with Crippen LogP contribution >= 0.6 is 0 Å². The number of hydrogen-bond donors (Lipinski definition) is 1. The van der Waals surface area contributed by atoms with Crippen molar-refractivity contribution in [2.45, 2.75) is 33.1 Å². The van der Waals surface area contributed by atoms with E-state index in [0.29, 0.717) is 23.0 Å². The first-order chi connectivity index (χ1) is 10.0. The van der Waals surface area contributed by atoms with E-state index in [1.54, 1.807) is 18.5 Å². The minimum absolute atomic E-state index is 0.0313. The number of amides is 1. The maximum absolute atomic E-state index is 12.5. The molecule has 4 nitrogen and oxygen atoms in total. The molecule has 112 valence electrons. The van der Waals surface area contributed by atoms with Crippen molar-refractivity contribution < 1.29 is 9.90 Å². The molecule has 1 N–H and O–H groups in total. The quantitative estimate of drug-likeness (QED) is 0.847. The van der Waals surface area contributed by atoms with E-state index in [1.807, 2.05) is 4.90 Å². The molecular formula is C17H22N2O2. The molecule has 2 heterocycles. The lowest BCUT2D eigenvalue weighted by atomic mass is 9.82. The molecule has 0 aliphatic carbocycles. The molecule has 1 fully saturated rings. The first kappa shape index (κ1) is 15.5. The molecule has 1 aromatic rings. The molecule has 1 saturated heterocycles.